The predicted octanol–water partition coefficient (Wildman–Crippen LogP) is 2.86. The fourth-order valence-electron chi connectivity index (χ4n) is 2.73. The molecule has 0 atom stereocenters. The van der Waals surface area contributed by atoms with Crippen molar-refractivity contribution in [1.29, 1.82) is 0 Å². The number of carbonyl (C=O) groups excluding carboxylic acids is 3. The van der Waals surface area contributed by atoms with Gasteiger partial charge >= 0.3 is 5.97 Å². The lowest BCUT2D eigenvalue weighted by Crippen LogP contribution is -2.35. The fourth-order valence-corrected chi connectivity index (χ4v) is 3.66. The van der Waals surface area contributed by atoms with Gasteiger partial charge in [-0.1, -0.05) is 12.1 Å². The Morgan fingerprint density at radius 2 is 2.08 bits per heavy atom. The maximum Gasteiger partial charge on any atom is 0.374 e. The van der Waals surface area contributed by atoms with Gasteiger partial charge in [-0.2, -0.15) is 0 Å². The van der Waals surface area contributed by atoms with Crippen LogP contribution in [0.3, 0.4) is 0 Å². The van der Waals surface area contributed by atoms with Crippen LogP contribution in [0, 0.1) is 0 Å². The van der Waals surface area contributed by atoms with Crippen molar-refractivity contribution in [2.75, 3.05) is 13.2 Å². The Morgan fingerprint density at radius 1 is 1.23 bits per heavy atom. The number of nitrogens with zero attached hydrogens (tertiary/aromatic N) is 2. The third-order valence-corrected chi connectivity index (χ3v) is 5.06. The van der Waals surface area contributed by atoms with E-state index in [9.17, 15) is 14.4 Å². The van der Waals surface area contributed by atoms with Crippen molar-refractivity contribution >= 4 is 39.3 Å². The first kappa shape index (κ1) is 16.5. The van der Waals surface area contributed by atoms with E-state index in [-0.39, 0.29) is 11.7 Å². The first-order chi connectivity index (χ1) is 12.6. The number of furan rings is 1. The highest BCUT2D eigenvalue weighted by atomic mass is 32.1. The summed E-state index contributed by atoms with van der Waals surface area (Å²) in [7, 11) is 0. The average Bonchev–Trinajstić information content (AvgIpc) is 3.37. The molecule has 1 saturated heterocycles. The molecule has 26 heavy (non-hydrogen) atoms. The Hall–Kier alpha value is -3.00. The zero-order valence-corrected chi connectivity index (χ0v) is 14.5. The number of hydrogen-bond acceptors (Lipinski definition) is 7. The molecule has 7 nitrogen and oxygen atoms in total. The van der Waals surface area contributed by atoms with Gasteiger partial charge in [0.1, 0.15) is 0 Å². The number of fused-ring (bicyclic) bond motifs is 1. The molecule has 2 amide bonds. The van der Waals surface area contributed by atoms with Gasteiger partial charge in [0.25, 0.3) is 5.91 Å². The molecule has 1 aliphatic heterocycles. The van der Waals surface area contributed by atoms with Crippen LogP contribution in [0.5, 0.6) is 0 Å². The van der Waals surface area contributed by atoms with Crippen LogP contribution in [0.1, 0.15) is 23.4 Å². The molecule has 132 valence electrons. The molecule has 1 aliphatic rings. The van der Waals surface area contributed by atoms with E-state index in [1.807, 2.05) is 24.3 Å². The lowest BCUT2D eigenvalue weighted by molar-refractivity contribution is -0.143. The molecule has 0 saturated carbocycles. The van der Waals surface area contributed by atoms with Crippen LogP contribution in [0.4, 0.5) is 0 Å². The highest BCUT2D eigenvalue weighted by molar-refractivity contribution is 7.21. The van der Waals surface area contributed by atoms with Gasteiger partial charge in [0.2, 0.25) is 11.7 Å². The number of ether oxygens (including phenoxy) is 1. The van der Waals surface area contributed by atoms with Gasteiger partial charge in [0, 0.05) is 13.0 Å². The molecule has 8 heteroatoms. The Labute approximate surface area is 152 Å². The van der Waals surface area contributed by atoms with E-state index in [2.05, 4.69) is 4.98 Å². The Kier molecular flexibility index (Phi) is 4.26. The summed E-state index contributed by atoms with van der Waals surface area (Å²) in [6, 6.07) is 10.8. The molecule has 0 radical (unpaired) electrons. The number of para-hydroxylation sites is 1. The van der Waals surface area contributed by atoms with Crippen LogP contribution in [-0.4, -0.2) is 40.8 Å². The van der Waals surface area contributed by atoms with Gasteiger partial charge in [0.15, 0.2) is 17.4 Å². The molecule has 0 spiro atoms. The second-order valence-corrected chi connectivity index (χ2v) is 6.80. The zero-order chi connectivity index (χ0) is 18.1. The minimum Gasteiger partial charge on any atom is -0.450 e. The standard InChI is InChI=1S/C18H14N2O5S/c21-15-6-3-9-20(15)16(22)10-24-18(23)13-8-7-12(25-13)17-19-11-4-1-2-5-14(11)26-17/h1-2,4-5,7-8H,3,6,9-10H2. The lowest BCUT2D eigenvalue weighted by Gasteiger charge is -2.12. The van der Waals surface area contributed by atoms with Crippen molar-refractivity contribution in [2.24, 2.45) is 0 Å². The van der Waals surface area contributed by atoms with Crippen LogP contribution in [-0.2, 0) is 14.3 Å². The first-order valence-electron chi connectivity index (χ1n) is 8.08. The van der Waals surface area contributed by atoms with Crippen molar-refractivity contribution in [2.45, 2.75) is 12.8 Å². The van der Waals surface area contributed by atoms with Crippen LogP contribution < -0.4 is 0 Å². The minimum absolute atomic E-state index is 0.0141. The van der Waals surface area contributed by atoms with E-state index in [0.717, 1.165) is 15.1 Å². The number of amides is 2. The number of carbonyl (C=O) groups is 3. The minimum atomic E-state index is -0.752. The highest BCUT2D eigenvalue weighted by Gasteiger charge is 2.27. The van der Waals surface area contributed by atoms with Gasteiger partial charge in [-0.15, -0.1) is 11.3 Å². The van der Waals surface area contributed by atoms with E-state index in [0.29, 0.717) is 30.2 Å². The molecule has 0 unspecified atom stereocenters. The number of thiazole rings is 1. The molecule has 0 bridgehead atoms. The number of rotatable bonds is 4. The summed E-state index contributed by atoms with van der Waals surface area (Å²) >= 11 is 1.46. The molecule has 3 aromatic rings. The van der Waals surface area contributed by atoms with E-state index >= 15 is 0 Å². The van der Waals surface area contributed by atoms with Gasteiger partial charge in [-0.25, -0.2) is 9.78 Å². The van der Waals surface area contributed by atoms with Gasteiger partial charge in [0.05, 0.1) is 10.2 Å². The van der Waals surface area contributed by atoms with E-state index in [1.165, 1.54) is 17.4 Å². The quantitative estimate of drug-likeness (QED) is 0.656. The number of hydrogen-bond donors (Lipinski definition) is 0. The topological polar surface area (TPSA) is 89.7 Å². The predicted molar refractivity (Wildman–Crippen MR) is 93.6 cm³/mol. The number of esters is 1. The summed E-state index contributed by atoms with van der Waals surface area (Å²) in [5.74, 6) is -1.06. The van der Waals surface area contributed by atoms with Crippen LogP contribution in [0.25, 0.3) is 21.0 Å². The van der Waals surface area contributed by atoms with E-state index < -0.39 is 18.5 Å². The van der Waals surface area contributed by atoms with Crippen LogP contribution in [0.15, 0.2) is 40.8 Å². The molecule has 4 rings (SSSR count). The highest BCUT2D eigenvalue weighted by Crippen LogP contribution is 2.31. The summed E-state index contributed by atoms with van der Waals surface area (Å²) in [6.07, 6.45) is 0.992. The number of likely N-dealkylation sites (tertiary alicyclic amines) is 1. The average molecular weight is 370 g/mol. The maximum atomic E-state index is 12.1. The summed E-state index contributed by atoms with van der Waals surface area (Å²) in [5, 5.41) is 0.656. The Morgan fingerprint density at radius 3 is 2.85 bits per heavy atom. The van der Waals surface area contributed by atoms with Crippen molar-refractivity contribution < 1.29 is 23.5 Å². The number of aromatic nitrogens is 1. The maximum absolute atomic E-state index is 12.1. The summed E-state index contributed by atoms with van der Waals surface area (Å²) in [4.78, 5) is 41.1. The van der Waals surface area contributed by atoms with Crippen molar-refractivity contribution in [3.05, 3.63) is 42.2 Å². The summed E-state index contributed by atoms with van der Waals surface area (Å²) in [6.45, 7) is -0.112. The number of imide groups is 1. The van der Waals surface area contributed by atoms with Gasteiger partial charge in [-0.3, -0.25) is 14.5 Å². The van der Waals surface area contributed by atoms with E-state index in [4.69, 9.17) is 9.15 Å². The van der Waals surface area contributed by atoms with E-state index in [1.54, 1.807) is 6.07 Å². The molecule has 0 aliphatic carbocycles. The molecular formula is C18H14N2O5S. The zero-order valence-electron chi connectivity index (χ0n) is 13.6. The third-order valence-electron chi connectivity index (χ3n) is 4.01. The molecule has 1 fully saturated rings. The molecule has 2 aromatic heterocycles. The lowest BCUT2D eigenvalue weighted by atomic mass is 10.3. The monoisotopic (exact) mass is 370 g/mol. The Bertz CT molecular complexity index is 973. The third kappa shape index (κ3) is 3.11. The largest absolute Gasteiger partial charge is 0.450 e. The Balaban J connectivity index is 1.43. The SMILES string of the molecule is O=C(OCC(=O)N1CCCC1=O)c1ccc(-c2nc3ccccc3s2)o1. The molecule has 1 aromatic carbocycles. The summed E-state index contributed by atoms with van der Waals surface area (Å²) < 4.78 is 11.5. The summed E-state index contributed by atoms with van der Waals surface area (Å²) in [5.41, 5.74) is 0.855. The van der Waals surface area contributed by atoms with Gasteiger partial charge < -0.3 is 9.15 Å². The molecule has 3 heterocycles. The smallest absolute Gasteiger partial charge is 0.374 e. The molecular weight excluding hydrogens is 356 g/mol. The van der Waals surface area contributed by atoms with Gasteiger partial charge in [-0.05, 0) is 30.7 Å². The van der Waals surface area contributed by atoms with Crippen LogP contribution in [0.2, 0.25) is 0 Å². The van der Waals surface area contributed by atoms with Crippen LogP contribution >= 0.6 is 11.3 Å². The van der Waals surface area contributed by atoms with Crippen molar-refractivity contribution in [3.63, 3.8) is 0 Å². The first-order valence-corrected chi connectivity index (χ1v) is 8.89. The molecule has 0 N–H and O–H groups in total. The van der Waals surface area contributed by atoms with Crippen molar-refractivity contribution in [3.8, 4) is 10.8 Å². The normalized spacial score (nSPS) is 14.2. The van der Waals surface area contributed by atoms with Crippen molar-refractivity contribution in [1.82, 2.24) is 9.88 Å². The fraction of sp³-hybridized carbons (Fsp3) is 0.222. The second kappa shape index (κ2) is 6.72. The number of benzene rings is 1. The second-order valence-electron chi connectivity index (χ2n) is 5.77.